The smallest absolute Gasteiger partial charge is 0.306 e. The molecule has 0 saturated carbocycles. The van der Waals surface area contributed by atoms with Gasteiger partial charge >= 0.3 is 5.97 Å². The normalized spacial score (nSPS) is 18.1. The number of rotatable bonds is 15. The van der Waals surface area contributed by atoms with Crippen molar-refractivity contribution in [3.05, 3.63) is 0 Å². The topological polar surface area (TPSA) is 58.7 Å². The number of epoxide rings is 1. The molecule has 124 valence electrons. The zero-order chi connectivity index (χ0) is 15.4. The van der Waals surface area contributed by atoms with Crippen LogP contribution in [-0.2, 0) is 28.1 Å². The molecule has 0 aromatic carbocycles. The molecule has 6 nitrogen and oxygen atoms in total. The summed E-state index contributed by atoms with van der Waals surface area (Å²) in [5, 5.41) is 0. The molecule has 21 heavy (non-hydrogen) atoms. The maximum absolute atomic E-state index is 5.67. The highest BCUT2D eigenvalue weighted by Crippen LogP contribution is 2.16. The lowest BCUT2D eigenvalue weighted by molar-refractivity contribution is -0.385. The van der Waals surface area contributed by atoms with Gasteiger partial charge in [-0.25, -0.2) is 0 Å². The zero-order valence-electron chi connectivity index (χ0n) is 13.4. The molecule has 1 unspecified atom stereocenters. The highest BCUT2D eigenvalue weighted by atomic mass is 28.2. The summed E-state index contributed by atoms with van der Waals surface area (Å²) in [6.45, 7) is 9.89. The molecule has 0 aromatic heterocycles. The molecule has 2 radical (unpaired) electrons. The molecule has 0 aromatic rings. The lowest BCUT2D eigenvalue weighted by Crippen LogP contribution is -2.44. The fourth-order valence-corrected chi connectivity index (χ4v) is 2.46. The third kappa shape index (κ3) is 8.87. The molecule has 7 heteroatoms. The average molecular weight is 320 g/mol. The Kier molecular flexibility index (Phi) is 10.4. The van der Waals surface area contributed by atoms with Crippen LogP contribution >= 0.6 is 0 Å². The first-order valence-electron chi connectivity index (χ1n) is 7.72. The molecule has 0 aliphatic carbocycles. The molecule has 1 saturated heterocycles. The minimum absolute atomic E-state index is 0.289. The Morgan fingerprint density at radius 2 is 1.71 bits per heavy atom. The minimum atomic E-state index is -1.06. The summed E-state index contributed by atoms with van der Waals surface area (Å²) in [5.41, 5.74) is 0. The summed E-state index contributed by atoms with van der Waals surface area (Å²) in [4.78, 5) is 0. The monoisotopic (exact) mass is 320 g/mol. The van der Waals surface area contributed by atoms with E-state index in [9.17, 15) is 0 Å². The highest BCUT2D eigenvalue weighted by Gasteiger charge is 2.32. The first kappa shape index (κ1) is 19.0. The molecule has 1 atom stereocenters. The maximum Gasteiger partial charge on any atom is 0.306 e. The second-order valence-electron chi connectivity index (χ2n) is 4.55. The Balaban J connectivity index is 2.06. The number of hydrogen-bond acceptors (Lipinski definition) is 6. The molecule has 1 aliphatic heterocycles. The van der Waals surface area contributed by atoms with Crippen molar-refractivity contribution in [1.29, 1.82) is 0 Å². The fourth-order valence-electron chi connectivity index (χ4n) is 1.75. The van der Waals surface area contributed by atoms with Crippen LogP contribution in [0.5, 0.6) is 0 Å². The van der Waals surface area contributed by atoms with Gasteiger partial charge in [0.15, 0.2) is 0 Å². The summed E-state index contributed by atoms with van der Waals surface area (Å²) in [7, 11) is 0.389. The van der Waals surface area contributed by atoms with Crippen LogP contribution in [0, 0.1) is 0 Å². The van der Waals surface area contributed by atoms with Crippen molar-refractivity contribution in [2.45, 2.75) is 45.3 Å². The van der Waals surface area contributed by atoms with Crippen molar-refractivity contribution >= 4 is 9.76 Å². The van der Waals surface area contributed by atoms with E-state index < -0.39 is 5.97 Å². The van der Waals surface area contributed by atoms with Crippen molar-refractivity contribution in [2.75, 3.05) is 46.2 Å². The molecule has 0 N–H and O–H groups in total. The predicted molar refractivity (Wildman–Crippen MR) is 79.3 cm³/mol. The van der Waals surface area contributed by atoms with Crippen molar-refractivity contribution < 1.29 is 28.1 Å². The number of ether oxygens (including phenoxy) is 5. The molecule has 1 aliphatic rings. The van der Waals surface area contributed by atoms with Crippen LogP contribution in [0.4, 0.5) is 0 Å². The van der Waals surface area contributed by atoms with Crippen molar-refractivity contribution in [3.63, 3.8) is 0 Å². The third-order valence-corrected chi connectivity index (χ3v) is 3.62. The lowest BCUT2D eigenvalue weighted by Gasteiger charge is -2.31. The molecule has 0 amide bonds. The Morgan fingerprint density at radius 3 is 2.24 bits per heavy atom. The van der Waals surface area contributed by atoms with E-state index in [-0.39, 0.29) is 6.61 Å². The van der Waals surface area contributed by atoms with E-state index in [1.807, 2.05) is 20.8 Å². The van der Waals surface area contributed by atoms with Gasteiger partial charge in [-0.15, -0.1) is 0 Å². The van der Waals surface area contributed by atoms with Crippen LogP contribution < -0.4 is 0 Å². The van der Waals surface area contributed by atoms with Gasteiger partial charge in [-0.2, -0.15) is 0 Å². The van der Waals surface area contributed by atoms with E-state index in [1.54, 1.807) is 0 Å². The predicted octanol–water partition coefficient (Wildman–Crippen LogP) is 1.61. The zero-order valence-corrected chi connectivity index (χ0v) is 14.4. The van der Waals surface area contributed by atoms with E-state index >= 15 is 0 Å². The van der Waals surface area contributed by atoms with Gasteiger partial charge in [0.1, 0.15) is 12.7 Å². The van der Waals surface area contributed by atoms with Gasteiger partial charge < -0.3 is 28.1 Å². The molecule has 0 bridgehead atoms. The summed E-state index contributed by atoms with van der Waals surface area (Å²) in [5.74, 6) is -1.06. The van der Waals surface area contributed by atoms with Crippen LogP contribution in [-0.4, -0.2) is 68.1 Å². The van der Waals surface area contributed by atoms with Crippen LogP contribution in [0.1, 0.15) is 27.2 Å². The van der Waals surface area contributed by atoms with Crippen LogP contribution in [0.15, 0.2) is 0 Å². The SMILES string of the molecule is CCOC(CO[Si]CCCOCC1CO1)(OCC)OCC. The molecule has 0 spiro atoms. The van der Waals surface area contributed by atoms with Crippen LogP contribution in [0.3, 0.4) is 0 Å². The summed E-state index contributed by atoms with van der Waals surface area (Å²) in [6.07, 6.45) is 1.32. The van der Waals surface area contributed by atoms with Gasteiger partial charge in [-0.05, 0) is 33.2 Å². The van der Waals surface area contributed by atoms with Crippen molar-refractivity contribution in [3.8, 4) is 0 Å². The van der Waals surface area contributed by atoms with E-state index in [4.69, 9.17) is 28.1 Å². The molecule has 1 rings (SSSR count). The number of hydrogen-bond donors (Lipinski definition) is 0. The van der Waals surface area contributed by atoms with Gasteiger partial charge in [0, 0.05) is 26.4 Å². The molecule has 1 fully saturated rings. The second-order valence-corrected chi connectivity index (χ2v) is 5.63. The maximum atomic E-state index is 5.67. The second kappa shape index (κ2) is 11.5. The highest BCUT2D eigenvalue weighted by molar-refractivity contribution is 6.26. The van der Waals surface area contributed by atoms with Gasteiger partial charge in [0.2, 0.25) is 9.76 Å². The van der Waals surface area contributed by atoms with E-state index in [1.165, 1.54) is 0 Å². The first-order chi connectivity index (χ1) is 10.3. The third-order valence-electron chi connectivity index (χ3n) is 2.72. The Hall–Kier alpha value is -0.0231. The van der Waals surface area contributed by atoms with Gasteiger partial charge in [0.25, 0.3) is 0 Å². The first-order valence-corrected chi connectivity index (χ1v) is 8.83. The Bertz CT molecular complexity index is 233. The fraction of sp³-hybridized carbons (Fsp3) is 1.00. The van der Waals surface area contributed by atoms with Gasteiger partial charge in [0.05, 0.1) is 13.2 Å². The van der Waals surface area contributed by atoms with Crippen LogP contribution in [0.25, 0.3) is 0 Å². The van der Waals surface area contributed by atoms with Crippen molar-refractivity contribution in [1.82, 2.24) is 0 Å². The standard InChI is InChI=1S/C14H28O6Si/c1-4-17-14(18-5-2,19-6-3)12-20-21-9-7-8-15-10-13-11-16-13/h13H,4-12H2,1-3H3. The molecular formula is C14H28O6Si. The largest absolute Gasteiger partial charge is 0.409 e. The van der Waals surface area contributed by atoms with E-state index in [0.717, 1.165) is 25.7 Å². The Morgan fingerprint density at radius 1 is 1.10 bits per heavy atom. The van der Waals surface area contributed by atoms with Crippen LogP contribution in [0.2, 0.25) is 6.04 Å². The average Bonchev–Trinajstić information content (AvgIpc) is 3.27. The molecule has 1 heterocycles. The summed E-state index contributed by atoms with van der Waals surface area (Å²) >= 11 is 0. The molecular weight excluding hydrogens is 292 g/mol. The van der Waals surface area contributed by atoms with E-state index in [2.05, 4.69) is 0 Å². The quantitative estimate of drug-likeness (QED) is 0.198. The lowest BCUT2D eigenvalue weighted by atomic mass is 10.5. The van der Waals surface area contributed by atoms with Gasteiger partial charge in [-0.1, -0.05) is 0 Å². The summed E-state index contributed by atoms with van der Waals surface area (Å²) in [6, 6.07) is 0.964. The minimum Gasteiger partial charge on any atom is -0.409 e. The van der Waals surface area contributed by atoms with Crippen molar-refractivity contribution in [2.24, 2.45) is 0 Å². The summed E-state index contributed by atoms with van der Waals surface area (Å²) < 4.78 is 33.0. The van der Waals surface area contributed by atoms with E-state index in [0.29, 0.717) is 42.3 Å². The Labute approximate surface area is 130 Å². The van der Waals surface area contributed by atoms with Gasteiger partial charge in [-0.3, -0.25) is 0 Å².